The smallest absolute Gasteiger partial charge is 0.133 e. The van der Waals surface area contributed by atoms with Gasteiger partial charge in [-0.1, -0.05) is 17.7 Å². The van der Waals surface area contributed by atoms with E-state index in [1.165, 1.54) is 11.3 Å². The number of ether oxygens (including phenoxy) is 1. The first-order valence-corrected chi connectivity index (χ1v) is 7.36. The SMILES string of the molecule is COc1ccc(C(N)c2cc(C)c(Cl)s2)cc1Br. The zero-order valence-corrected chi connectivity index (χ0v) is 13.2. The van der Waals surface area contributed by atoms with Gasteiger partial charge in [0.25, 0.3) is 0 Å². The summed E-state index contributed by atoms with van der Waals surface area (Å²) in [4.78, 5) is 1.06. The van der Waals surface area contributed by atoms with Crippen molar-refractivity contribution in [1.29, 1.82) is 0 Å². The van der Waals surface area contributed by atoms with Gasteiger partial charge in [-0.05, 0) is 52.2 Å². The third kappa shape index (κ3) is 2.72. The summed E-state index contributed by atoms with van der Waals surface area (Å²) in [5.41, 5.74) is 8.35. The minimum Gasteiger partial charge on any atom is -0.496 e. The van der Waals surface area contributed by atoms with Gasteiger partial charge >= 0.3 is 0 Å². The number of methoxy groups -OCH3 is 1. The number of hydrogen-bond acceptors (Lipinski definition) is 3. The highest BCUT2D eigenvalue weighted by atomic mass is 79.9. The van der Waals surface area contributed by atoms with Crippen LogP contribution in [0.2, 0.25) is 4.34 Å². The molecule has 2 rings (SSSR count). The predicted molar refractivity (Wildman–Crippen MR) is 80.8 cm³/mol. The van der Waals surface area contributed by atoms with E-state index < -0.39 is 0 Å². The fourth-order valence-electron chi connectivity index (χ4n) is 1.68. The standard InChI is InChI=1S/C13H13BrClNOS/c1-7-5-11(18-13(7)15)12(16)8-3-4-10(17-2)9(14)6-8/h3-6,12H,16H2,1-2H3. The molecule has 1 atom stereocenters. The van der Waals surface area contributed by atoms with E-state index in [9.17, 15) is 0 Å². The summed E-state index contributed by atoms with van der Waals surface area (Å²) >= 11 is 11.1. The van der Waals surface area contributed by atoms with E-state index in [1.54, 1.807) is 7.11 Å². The molecule has 0 bridgehead atoms. The Morgan fingerprint density at radius 3 is 2.61 bits per heavy atom. The maximum atomic E-state index is 6.25. The molecular formula is C13H13BrClNOS. The van der Waals surface area contributed by atoms with Crippen molar-refractivity contribution in [2.24, 2.45) is 5.73 Å². The molecule has 1 heterocycles. The molecule has 0 radical (unpaired) electrons. The van der Waals surface area contributed by atoms with Gasteiger partial charge in [0.2, 0.25) is 0 Å². The predicted octanol–water partition coefficient (Wildman–Crippen LogP) is 4.53. The molecule has 0 aliphatic carbocycles. The van der Waals surface area contributed by atoms with Crippen LogP contribution in [0.15, 0.2) is 28.7 Å². The summed E-state index contributed by atoms with van der Waals surface area (Å²) in [7, 11) is 1.64. The van der Waals surface area contributed by atoms with E-state index >= 15 is 0 Å². The van der Waals surface area contributed by atoms with E-state index in [-0.39, 0.29) is 6.04 Å². The van der Waals surface area contributed by atoms with Crippen molar-refractivity contribution in [2.45, 2.75) is 13.0 Å². The second-order valence-electron chi connectivity index (χ2n) is 3.98. The number of aryl methyl sites for hydroxylation is 1. The molecule has 96 valence electrons. The van der Waals surface area contributed by atoms with E-state index in [0.717, 1.165) is 30.6 Å². The van der Waals surface area contributed by atoms with Crippen LogP contribution in [0.1, 0.15) is 22.0 Å². The lowest BCUT2D eigenvalue weighted by atomic mass is 10.1. The molecule has 2 N–H and O–H groups in total. The number of nitrogens with two attached hydrogens (primary N) is 1. The van der Waals surface area contributed by atoms with Crippen molar-refractivity contribution in [2.75, 3.05) is 7.11 Å². The monoisotopic (exact) mass is 345 g/mol. The molecule has 0 aliphatic heterocycles. The van der Waals surface area contributed by atoms with Crippen LogP contribution >= 0.6 is 38.9 Å². The number of thiophene rings is 1. The molecule has 5 heteroatoms. The van der Waals surface area contributed by atoms with E-state index in [2.05, 4.69) is 15.9 Å². The molecule has 0 aliphatic rings. The lowest BCUT2D eigenvalue weighted by Gasteiger charge is -2.12. The summed E-state index contributed by atoms with van der Waals surface area (Å²) in [6.07, 6.45) is 0. The molecule has 0 saturated heterocycles. The number of hydrogen-bond donors (Lipinski definition) is 1. The van der Waals surface area contributed by atoms with Crippen LogP contribution in [0.3, 0.4) is 0 Å². The third-order valence-electron chi connectivity index (χ3n) is 2.72. The molecule has 0 amide bonds. The molecular weight excluding hydrogens is 334 g/mol. The van der Waals surface area contributed by atoms with E-state index in [4.69, 9.17) is 22.1 Å². The first kappa shape index (κ1) is 13.9. The van der Waals surface area contributed by atoms with Gasteiger partial charge in [0.15, 0.2) is 0 Å². The lowest BCUT2D eigenvalue weighted by molar-refractivity contribution is 0.412. The Bertz CT molecular complexity index is 551. The van der Waals surface area contributed by atoms with Crippen LogP contribution in [-0.2, 0) is 0 Å². The van der Waals surface area contributed by atoms with Gasteiger partial charge in [0, 0.05) is 4.88 Å². The summed E-state index contributed by atoms with van der Waals surface area (Å²) in [6, 6.07) is 7.73. The van der Waals surface area contributed by atoms with Crippen molar-refractivity contribution in [1.82, 2.24) is 0 Å². The van der Waals surface area contributed by atoms with Gasteiger partial charge in [-0.2, -0.15) is 0 Å². The maximum Gasteiger partial charge on any atom is 0.133 e. The average Bonchev–Trinajstić information content (AvgIpc) is 2.68. The highest BCUT2D eigenvalue weighted by molar-refractivity contribution is 9.10. The summed E-state index contributed by atoms with van der Waals surface area (Å²) < 4.78 is 6.90. The quantitative estimate of drug-likeness (QED) is 0.886. The Balaban J connectivity index is 2.33. The topological polar surface area (TPSA) is 35.2 Å². The van der Waals surface area contributed by atoms with Gasteiger partial charge in [-0.3, -0.25) is 0 Å². The molecule has 1 unspecified atom stereocenters. The first-order valence-electron chi connectivity index (χ1n) is 5.37. The largest absolute Gasteiger partial charge is 0.496 e. The van der Waals surface area contributed by atoms with Crippen molar-refractivity contribution in [3.63, 3.8) is 0 Å². The van der Waals surface area contributed by atoms with Crippen LogP contribution in [0.5, 0.6) is 5.75 Å². The Morgan fingerprint density at radius 1 is 1.39 bits per heavy atom. The lowest BCUT2D eigenvalue weighted by Crippen LogP contribution is -2.10. The van der Waals surface area contributed by atoms with Crippen molar-refractivity contribution < 1.29 is 4.74 Å². The van der Waals surface area contributed by atoms with E-state index in [1.807, 2.05) is 31.2 Å². The normalized spacial score (nSPS) is 12.5. The molecule has 18 heavy (non-hydrogen) atoms. The van der Waals surface area contributed by atoms with Crippen LogP contribution in [0.25, 0.3) is 0 Å². The number of halogens is 2. The Labute approximate surface area is 124 Å². The van der Waals surface area contributed by atoms with Crippen LogP contribution in [0, 0.1) is 6.92 Å². The van der Waals surface area contributed by atoms with Gasteiger partial charge in [0.1, 0.15) is 5.75 Å². The summed E-state index contributed by atoms with van der Waals surface area (Å²) in [5, 5.41) is 0. The van der Waals surface area contributed by atoms with Crippen LogP contribution in [0.4, 0.5) is 0 Å². The molecule has 0 fully saturated rings. The average molecular weight is 347 g/mol. The van der Waals surface area contributed by atoms with Gasteiger partial charge in [0.05, 0.1) is 22.0 Å². The molecule has 2 aromatic rings. The van der Waals surface area contributed by atoms with Crippen molar-refractivity contribution in [3.8, 4) is 5.75 Å². The molecule has 0 saturated carbocycles. The molecule has 0 spiro atoms. The fourth-order valence-corrected chi connectivity index (χ4v) is 3.48. The zero-order chi connectivity index (χ0) is 13.3. The minimum absolute atomic E-state index is 0.164. The summed E-state index contributed by atoms with van der Waals surface area (Å²) in [6.45, 7) is 1.99. The Morgan fingerprint density at radius 2 is 2.11 bits per heavy atom. The van der Waals surface area contributed by atoms with Gasteiger partial charge in [-0.25, -0.2) is 0 Å². The fraction of sp³-hybridized carbons (Fsp3) is 0.231. The maximum absolute atomic E-state index is 6.25. The van der Waals surface area contributed by atoms with Crippen LogP contribution in [-0.4, -0.2) is 7.11 Å². The van der Waals surface area contributed by atoms with Crippen molar-refractivity contribution >= 4 is 38.9 Å². The second kappa shape index (κ2) is 5.61. The third-order valence-corrected chi connectivity index (χ3v) is 4.98. The van der Waals surface area contributed by atoms with E-state index in [0.29, 0.717) is 0 Å². The highest BCUT2D eigenvalue weighted by Crippen LogP contribution is 2.35. The van der Waals surface area contributed by atoms with Crippen LogP contribution < -0.4 is 10.5 Å². The number of rotatable bonds is 3. The Kier molecular flexibility index (Phi) is 4.33. The first-order chi connectivity index (χ1) is 8.52. The molecule has 1 aromatic heterocycles. The number of benzene rings is 1. The van der Waals surface area contributed by atoms with Gasteiger partial charge in [-0.15, -0.1) is 11.3 Å². The second-order valence-corrected chi connectivity index (χ2v) is 6.52. The highest BCUT2D eigenvalue weighted by Gasteiger charge is 2.14. The Hall–Kier alpha value is -0.550. The zero-order valence-electron chi connectivity index (χ0n) is 10.0. The summed E-state index contributed by atoms with van der Waals surface area (Å²) in [5.74, 6) is 0.798. The molecule has 1 aromatic carbocycles. The van der Waals surface area contributed by atoms with Crippen molar-refractivity contribution in [3.05, 3.63) is 49.1 Å². The molecule has 2 nitrogen and oxygen atoms in total. The minimum atomic E-state index is -0.164. The van der Waals surface area contributed by atoms with Gasteiger partial charge < -0.3 is 10.5 Å².